The van der Waals surface area contributed by atoms with Crippen molar-refractivity contribution < 1.29 is 4.39 Å². The number of benzene rings is 1. The van der Waals surface area contributed by atoms with E-state index in [0.717, 1.165) is 12.1 Å². The summed E-state index contributed by atoms with van der Waals surface area (Å²) in [6.07, 6.45) is 4.97. The quantitative estimate of drug-likeness (QED) is 0.715. The van der Waals surface area contributed by atoms with Crippen molar-refractivity contribution in [3.05, 3.63) is 35.1 Å². The molecule has 0 unspecified atom stereocenters. The number of nitrogens with zero attached hydrogens (tertiary/aromatic N) is 1. The van der Waals surface area contributed by atoms with Crippen LogP contribution in [0.2, 0.25) is 0 Å². The van der Waals surface area contributed by atoms with Crippen LogP contribution in [-0.2, 0) is 6.54 Å². The van der Waals surface area contributed by atoms with Crippen molar-refractivity contribution in [3.63, 3.8) is 0 Å². The third-order valence-electron chi connectivity index (χ3n) is 3.48. The molecule has 0 spiro atoms. The topological polar surface area (TPSA) is 35.8 Å². The zero-order valence-corrected chi connectivity index (χ0v) is 12.8. The summed E-state index contributed by atoms with van der Waals surface area (Å²) in [5.41, 5.74) is 1.45. The lowest BCUT2D eigenvalue weighted by atomic mass is 9.87. The highest BCUT2D eigenvalue weighted by molar-refractivity contribution is 5.33. The lowest BCUT2D eigenvalue weighted by molar-refractivity contribution is 0.302. The first-order valence-corrected chi connectivity index (χ1v) is 7.37. The normalized spacial score (nSPS) is 11.3. The van der Waals surface area contributed by atoms with Gasteiger partial charge >= 0.3 is 0 Å². The van der Waals surface area contributed by atoms with Crippen LogP contribution in [0.1, 0.15) is 57.6 Å². The Balaban J connectivity index is 2.44. The Morgan fingerprint density at radius 2 is 2.00 bits per heavy atom. The van der Waals surface area contributed by atoms with Gasteiger partial charge in [-0.25, -0.2) is 4.39 Å². The van der Waals surface area contributed by atoms with E-state index in [-0.39, 0.29) is 11.2 Å². The minimum atomic E-state index is -0.344. The summed E-state index contributed by atoms with van der Waals surface area (Å²) in [6, 6.07) is 6.46. The van der Waals surface area contributed by atoms with E-state index in [2.05, 4.69) is 26.1 Å². The summed E-state index contributed by atoms with van der Waals surface area (Å²) in [6.45, 7) is 8.21. The Labute approximate surface area is 122 Å². The number of hydrogen-bond donors (Lipinski definition) is 1. The highest BCUT2D eigenvalue weighted by Crippen LogP contribution is 2.22. The van der Waals surface area contributed by atoms with Crippen molar-refractivity contribution in [2.24, 2.45) is 5.41 Å². The van der Waals surface area contributed by atoms with Crippen LogP contribution in [0.4, 0.5) is 4.39 Å². The van der Waals surface area contributed by atoms with Crippen molar-refractivity contribution in [2.75, 3.05) is 6.54 Å². The molecule has 1 rings (SSSR count). The van der Waals surface area contributed by atoms with Gasteiger partial charge in [-0.1, -0.05) is 40.0 Å². The molecule has 1 N–H and O–H groups in total. The molecule has 1 aromatic carbocycles. The molecule has 0 aliphatic heterocycles. The summed E-state index contributed by atoms with van der Waals surface area (Å²) < 4.78 is 13.3. The molecule has 0 radical (unpaired) electrons. The lowest BCUT2D eigenvalue weighted by Gasteiger charge is -2.25. The van der Waals surface area contributed by atoms with Crippen LogP contribution in [0.3, 0.4) is 0 Å². The van der Waals surface area contributed by atoms with E-state index in [4.69, 9.17) is 5.26 Å². The average molecular weight is 276 g/mol. The van der Waals surface area contributed by atoms with Crippen molar-refractivity contribution >= 4 is 0 Å². The Bertz CT molecular complexity index is 461. The largest absolute Gasteiger partial charge is 0.312 e. The zero-order valence-electron chi connectivity index (χ0n) is 12.8. The number of hydrogen-bond acceptors (Lipinski definition) is 2. The van der Waals surface area contributed by atoms with Gasteiger partial charge in [0, 0.05) is 13.1 Å². The molecule has 20 heavy (non-hydrogen) atoms. The standard InChI is InChI=1S/C17H25FN2/c1-4-5-6-7-17(2,3)13-20-12-15-8-14(11-19)9-16(18)10-15/h8-10,20H,4-7,12-13H2,1-3H3. The molecule has 0 aromatic heterocycles. The Morgan fingerprint density at radius 1 is 1.25 bits per heavy atom. The zero-order chi connectivity index (χ0) is 15.0. The van der Waals surface area contributed by atoms with Crippen LogP contribution >= 0.6 is 0 Å². The molecule has 0 saturated heterocycles. The molecule has 0 aliphatic rings. The Hall–Kier alpha value is -1.40. The molecular weight excluding hydrogens is 251 g/mol. The third-order valence-corrected chi connectivity index (χ3v) is 3.48. The molecule has 0 aliphatic carbocycles. The van der Waals surface area contributed by atoms with Gasteiger partial charge in [-0.05, 0) is 35.6 Å². The van der Waals surface area contributed by atoms with Gasteiger partial charge in [0.1, 0.15) is 5.82 Å². The summed E-state index contributed by atoms with van der Waals surface area (Å²) in [5, 5.41) is 12.2. The maximum atomic E-state index is 13.3. The van der Waals surface area contributed by atoms with Gasteiger partial charge in [0.05, 0.1) is 11.6 Å². The Morgan fingerprint density at radius 3 is 2.65 bits per heavy atom. The number of rotatable bonds is 8. The van der Waals surface area contributed by atoms with Gasteiger partial charge in [-0.15, -0.1) is 0 Å². The minimum Gasteiger partial charge on any atom is -0.312 e. The average Bonchev–Trinajstić information content (AvgIpc) is 2.38. The summed E-state index contributed by atoms with van der Waals surface area (Å²) >= 11 is 0. The molecule has 0 fully saturated rings. The van der Waals surface area contributed by atoms with Gasteiger partial charge < -0.3 is 5.32 Å². The fourth-order valence-corrected chi connectivity index (χ4v) is 2.30. The predicted molar refractivity (Wildman–Crippen MR) is 80.7 cm³/mol. The van der Waals surface area contributed by atoms with E-state index in [1.165, 1.54) is 37.8 Å². The SMILES string of the molecule is CCCCCC(C)(C)CNCc1cc(F)cc(C#N)c1. The van der Waals surface area contributed by atoms with Crippen LogP contribution < -0.4 is 5.32 Å². The van der Waals surface area contributed by atoms with Crippen LogP contribution in [-0.4, -0.2) is 6.54 Å². The van der Waals surface area contributed by atoms with Gasteiger partial charge in [0.25, 0.3) is 0 Å². The van der Waals surface area contributed by atoms with Gasteiger partial charge in [-0.3, -0.25) is 0 Å². The van der Waals surface area contributed by atoms with Crippen LogP contribution in [0.25, 0.3) is 0 Å². The molecule has 0 bridgehead atoms. The van der Waals surface area contributed by atoms with Crippen molar-refractivity contribution in [3.8, 4) is 6.07 Å². The maximum absolute atomic E-state index is 13.3. The first-order valence-electron chi connectivity index (χ1n) is 7.37. The monoisotopic (exact) mass is 276 g/mol. The molecule has 0 heterocycles. The number of halogens is 1. The second kappa shape index (κ2) is 8.01. The van der Waals surface area contributed by atoms with Crippen LogP contribution in [0.5, 0.6) is 0 Å². The maximum Gasteiger partial charge on any atom is 0.124 e. The van der Waals surface area contributed by atoms with Crippen LogP contribution in [0, 0.1) is 22.6 Å². The highest BCUT2D eigenvalue weighted by atomic mass is 19.1. The van der Waals surface area contributed by atoms with Crippen LogP contribution in [0.15, 0.2) is 18.2 Å². The summed E-state index contributed by atoms with van der Waals surface area (Å²) in [4.78, 5) is 0. The van der Waals surface area contributed by atoms with Gasteiger partial charge in [0.2, 0.25) is 0 Å². The first-order chi connectivity index (χ1) is 9.46. The fraction of sp³-hybridized carbons (Fsp3) is 0.588. The Kier molecular flexibility index (Phi) is 6.67. The van der Waals surface area contributed by atoms with E-state index < -0.39 is 0 Å². The molecular formula is C17H25FN2. The van der Waals surface area contributed by atoms with E-state index >= 15 is 0 Å². The predicted octanol–water partition coefficient (Wildman–Crippen LogP) is 4.39. The second-order valence-electron chi connectivity index (χ2n) is 6.18. The van der Waals surface area contributed by atoms with Crippen molar-refractivity contribution in [2.45, 2.75) is 53.0 Å². The molecule has 110 valence electrons. The minimum absolute atomic E-state index is 0.251. The van der Waals surface area contributed by atoms with Crippen molar-refractivity contribution in [1.82, 2.24) is 5.32 Å². The van der Waals surface area contributed by atoms with Gasteiger partial charge in [0.15, 0.2) is 0 Å². The molecule has 0 saturated carbocycles. The molecule has 3 heteroatoms. The van der Waals surface area contributed by atoms with E-state index in [9.17, 15) is 4.39 Å². The van der Waals surface area contributed by atoms with Gasteiger partial charge in [-0.2, -0.15) is 5.26 Å². The molecule has 0 atom stereocenters. The smallest absolute Gasteiger partial charge is 0.124 e. The lowest BCUT2D eigenvalue weighted by Crippen LogP contribution is -2.29. The number of unbranched alkanes of at least 4 members (excludes halogenated alkanes) is 2. The second-order valence-corrected chi connectivity index (χ2v) is 6.18. The number of nitrogens with one attached hydrogen (secondary N) is 1. The van der Waals surface area contributed by atoms with E-state index in [1.54, 1.807) is 6.07 Å². The summed E-state index contributed by atoms with van der Waals surface area (Å²) in [5.74, 6) is -0.344. The molecule has 0 amide bonds. The van der Waals surface area contributed by atoms with Crippen molar-refractivity contribution in [1.29, 1.82) is 5.26 Å². The third kappa shape index (κ3) is 6.16. The molecule has 2 nitrogen and oxygen atoms in total. The summed E-state index contributed by atoms with van der Waals surface area (Å²) in [7, 11) is 0. The first kappa shape index (κ1) is 16.7. The van der Waals surface area contributed by atoms with E-state index in [1.807, 2.05) is 6.07 Å². The van der Waals surface area contributed by atoms with E-state index in [0.29, 0.717) is 12.1 Å². The fourth-order valence-electron chi connectivity index (χ4n) is 2.30. The molecule has 1 aromatic rings. The number of nitriles is 1. The highest BCUT2D eigenvalue weighted by Gasteiger charge is 2.16.